The zero-order chi connectivity index (χ0) is 15.5. The van der Waals surface area contributed by atoms with E-state index in [1.165, 1.54) is 28.6 Å². The minimum Gasteiger partial charge on any atom is -0.381 e. The molecule has 1 aliphatic rings. The Morgan fingerprint density at radius 1 is 1.36 bits per heavy atom. The Morgan fingerprint density at radius 3 is 2.55 bits per heavy atom. The van der Waals surface area contributed by atoms with Gasteiger partial charge >= 0.3 is 0 Å². The number of benzene rings is 1. The average Bonchev–Trinajstić information content (AvgIpc) is 2.48. The molecule has 0 aliphatic carbocycles. The van der Waals surface area contributed by atoms with Gasteiger partial charge in [0.2, 0.25) is 10.0 Å². The topological polar surface area (TPSA) is 72.6 Å². The highest BCUT2D eigenvalue weighted by Crippen LogP contribution is 2.24. The lowest BCUT2D eigenvalue weighted by molar-refractivity contribution is 0.0401. The standard InChI is InChI=1S/C14H21FN2O3S.ClH/c1-20-14-6-7-17(13(8-14)9-16)21(18,19)10-11-2-4-12(15)5-3-11;/h2-5,13-14H,6-10,16H2,1H3;1H. The van der Waals surface area contributed by atoms with Gasteiger partial charge in [-0.3, -0.25) is 0 Å². The summed E-state index contributed by atoms with van der Waals surface area (Å²) in [4.78, 5) is 0. The first kappa shape index (κ1) is 19.3. The smallest absolute Gasteiger partial charge is 0.218 e. The molecule has 1 saturated heterocycles. The number of hydrogen-bond acceptors (Lipinski definition) is 4. The fraction of sp³-hybridized carbons (Fsp3) is 0.571. The second-order valence-corrected chi connectivity index (χ2v) is 7.19. The van der Waals surface area contributed by atoms with Crippen molar-refractivity contribution in [3.05, 3.63) is 35.6 Å². The first-order chi connectivity index (χ1) is 9.96. The Bertz CT molecular complexity index is 568. The van der Waals surface area contributed by atoms with E-state index in [1.54, 1.807) is 7.11 Å². The predicted molar refractivity (Wildman–Crippen MR) is 85.9 cm³/mol. The van der Waals surface area contributed by atoms with Crippen molar-refractivity contribution in [2.24, 2.45) is 5.73 Å². The van der Waals surface area contributed by atoms with E-state index < -0.39 is 10.0 Å². The van der Waals surface area contributed by atoms with Crippen LogP contribution < -0.4 is 5.73 Å². The molecule has 0 radical (unpaired) electrons. The largest absolute Gasteiger partial charge is 0.381 e. The first-order valence-corrected chi connectivity index (χ1v) is 8.54. The number of rotatable bonds is 5. The van der Waals surface area contributed by atoms with Gasteiger partial charge in [-0.1, -0.05) is 12.1 Å². The molecular formula is C14H22ClFN2O3S. The minimum absolute atomic E-state index is 0. The van der Waals surface area contributed by atoms with Gasteiger partial charge in [-0.25, -0.2) is 12.8 Å². The summed E-state index contributed by atoms with van der Waals surface area (Å²) < 4.78 is 44.7. The summed E-state index contributed by atoms with van der Waals surface area (Å²) in [6.45, 7) is 0.673. The van der Waals surface area contributed by atoms with Crippen molar-refractivity contribution >= 4 is 22.4 Å². The maximum absolute atomic E-state index is 12.9. The molecule has 2 unspecified atom stereocenters. The van der Waals surface area contributed by atoms with Crippen LogP contribution >= 0.6 is 12.4 Å². The van der Waals surface area contributed by atoms with Crippen molar-refractivity contribution in [3.63, 3.8) is 0 Å². The number of nitrogens with two attached hydrogens (primary N) is 1. The molecule has 1 aromatic carbocycles. The first-order valence-electron chi connectivity index (χ1n) is 6.93. The van der Waals surface area contributed by atoms with Crippen molar-refractivity contribution in [2.45, 2.75) is 30.7 Å². The van der Waals surface area contributed by atoms with E-state index in [0.29, 0.717) is 24.9 Å². The van der Waals surface area contributed by atoms with Gasteiger partial charge in [0, 0.05) is 26.2 Å². The number of sulfonamides is 1. The number of ether oxygens (including phenoxy) is 1. The molecule has 22 heavy (non-hydrogen) atoms. The zero-order valence-corrected chi connectivity index (χ0v) is 14.1. The van der Waals surface area contributed by atoms with Crippen LogP contribution in [0.1, 0.15) is 18.4 Å². The van der Waals surface area contributed by atoms with E-state index in [4.69, 9.17) is 10.5 Å². The summed E-state index contributed by atoms with van der Waals surface area (Å²) >= 11 is 0. The Hall–Kier alpha value is -0.730. The Labute approximate surface area is 137 Å². The number of halogens is 2. The lowest BCUT2D eigenvalue weighted by Gasteiger charge is -2.37. The van der Waals surface area contributed by atoms with Crippen molar-refractivity contribution in [1.82, 2.24) is 4.31 Å². The van der Waals surface area contributed by atoms with Crippen LogP contribution in [0.2, 0.25) is 0 Å². The fourth-order valence-corrected chi connectivity index (χ4v) is 4.45. The normalized spacial score (nSPS) is 23.0. The van der Waals surface area contributed by atoms with Crippen LogP contribution in [0.3, 0.4) is 0 Å². The van der Waals surface area contributed by atoms with Crippen molar-refractivity contribution < 1.29 is 17.5 Å². The summed E-state index contributed by atoms with van der Waals surface area (Å²) in [7, 11) is -1.84. The van der Waals surface area contributed by atoms with Crippen LogP contribution in [-0.4, -0.2) is 45.1 Å². The molecule has 1 aliphatic heterocycles. The molecule has 126 valence electrons. The van der Waals surface area contributed by atoms with E-state index >= 15 is 0 Å². The van der Waals surface area contributed by atoms with Gasteiger partial charge in [-0.2, -0.15) is 4.31 Å². The summed E-state index contributed by atoms with van der Waals surface area (Å²) in [6.07, 6.45) is 1.32. The molecule has 2 N–H and O–H groups in total. The molecule has 1 fully saturated rings. The maximum Gasteiger partial charge on any atom is 0.218 e. The summed E-state index contributed by atoms with van der Waals surface area (Å²) in [5, 5.41) is 0. The molecule has 0 amide bonds. The summed E-state index contributed by atoms with van der Waals surface area (Å²) in [5.74, 6) is -0.515. The van der Waals surface area contributed by atoms with Crippen LogP contribution in [0.15, 0.2) is 24.3 Å². The molecule has 2 rings (SSSR count). The molecule has 0 bridgehead atoms. The fourth-order valence-electron chi connectivity index (χ4n) is 2.66. The van der Waals surface area contributed by atoms with Crippen LogP contribution in [0.5, 0.6) is 0 Å². The molecule has 1 aromatic rings. The molecule has 8 heteroatoms. The molecular weight excluding hydrogens is 331 g/mol. The Balaban J connectivity index is 0.00000242. The molecule has 0 aromatic heterocycles. The quantitative estimate of drug-likeness (QED) is 0.872. The highest BCUT2D eigenvalue weighted by Gasteiger charge is 2.35. The zero-order valence-electron chi connectivity index (χ0n) is 12.4. The van der Waals surface area contributed by atoms with Gasteiger partial charge in [0.15, 0.2) is 0 Å². The summed E-state index contributed by atoms with van der Waals surface area (Å²) in [6, 6.07) is 5.28. The molecule has 0 saturated carbocycles. The predicted octanol–water partition coefficient (Wildman–Crippen LogP) is 1.52. The van der Waals surface area contributed by atoms with E-state index in [1.807, 2.05) is 0 Å². The SMILES string of the molecule is COC1CCN(S(=O)(=O)Cc2ccc(F)cc2)C(CN)C1.Cl. The lowest BCUT2D eigenvalue weighted by atomic mass is 10.0. The van der Waals surface area contributed by atoms with Crippen LogP contribution in [-0.2, 0) is 20.5 Å². The maximum atomic E-state index is 12.9. The molecule has 5 nitrogen and oxygen atoms in total. The van der Waals surface area contributed by atoms with Crippen LogP contribution in [0, 0.1) is 5.82 Å². The average molecular weight is 353 g/mol. The van der Waals surface area contributed by atoms with Crippen LogP contribution in [0.4, 0.5) is 4.39 Å². The highest BCUT2D eigenvalue weighted by atomic mass is 35.5. The second kappa shape index (κ2) is 8.21. The number of nitrogens with zero attached hydrogens (tertiary/aromatic N) is 1. The second-order valence-electron chi connectivity index (χ2n) is 5.27. The third-order valence-electron chi connectivity index (χ3n) is 3.84. The van der Waals surface area contributed by atoms with E-state index in [-0.39, 0.29) is 42.7 Å². The third-order valence-corrected chi connectivity index (χ3v) is 5.73. The van der Waals surface area contributed by atoms with Gasteiger partial charge in [0.1, 0.15) is 5.82 Å². The number of hydrogen-bond donors (Lipinski definition) is 1. The van der Waals surface area contributed by atoms with Crippen LogP contribution in [0.25, 0.3) is 0 Å². The third kappa shape index (κ3) is 4.63. The molecule has 2 atom stereocenters. The van der Waals surface area contributed by atoms with Gasteiger partial charge in [-0.05, 0) is 30.5 Å². The monoisotopic (exact) mass is 352 g/mol. The van der Waals surface area contributed by atoms with Crippen molar-refractivity contribution in [1.29, 1.82) is 0 Å². The minimum atomic E-state index is -3.47. The van der Waals surface area contributed by atoms with Gasteiger partial charge in [0.05, 0.1) is 11.9 Å². The number of piperidine rings is 1. The van der Waals surface area contributed by atoms with Gasteiger partial charge < -0.3 is 10.5 Å². The van der Waals surface area contributed by atoms with E-state index in [9.17, 15) is 12.8 Å². The summed E-state index contributed by atoms with van der Waals surface area (Å²) in [5.41, 5.74) is 6.28. The lowest BCUT2D eigenvalue weighted by Crippen LogP contribution is -2.51. The molecule has 1 heterocycles. The van der Waals surface area contributed by atoms with Crippen molar-refractivity contribution in [2.75, 3.05) is 20.2 Å². The van der Waals surface area contributed by atoms with Crippen molar-refractivity contribution in [3.8, 4) is 0 Å². The Morgan fingerprint density at radius 2 is 2.00 bits per heavy atom. The van der Waals surface area contributed by atoms with E-state index in [2.05, 4.69) is 0 Å². The molecule has 0 spiro atoms. The Kier molecular flexibility index (Phi) is 7.21. The highest BCUT2D eigenvalue weighted by molar-refractivity contribution is 7.88. The van der Waals surface area contributed by atoms with Gasteiger partial charge in [0.25, 0.3) is 0 Å². The number of methoxy groups -OCH3 is 1. The van der Waals surface area contributed by atoms with Gasteiger partial charge in [-0.15, -0.1) is 12.4 Å². The van der Waals surface area contributed by atoms with E-state index in [0.717, 1.165) is 0 Å².